The minimum absolute atomic E-state index is 0.809. The lowest BCUT2D eigenvalue weighted by molar-refractivity contribution is 0.595. The van der Waals surface area contributed by atoms with Crippen LogP contribution in [0.25, 0.3) is 10.8 Å². The fraction of sp³-hybridized carbons (Fsp3) is 0. The second kappa shape index (κ2) is 4.84. The monoisotopic (exact) mass is 251 g/mol. The average molecular weight is 251 g/mol. The van der Waals surface area contributed by atoms with Crippen molar-refractivity contribution in [3.8, 4) is 0 Å². The van der Waals surface area contributed by atoms with Crippen LogP contribution in [-0.2, 0) is 11.2 Å². The summed E-state index contributed by atoms with van der Waals surface area (Å²) in [7, 11) is 0. The van der Waals surface area contributed by atoms with Gasteiger partial charge in [0.05, 0.1) is 0 Å². The highest BCUT2D eigenvalue weighted by molar-refractivity contribution is 7.91. The lowest BCUT2D eigenvalue weighted by Gasteiger charge is -2.10. The fourth-order valence-electron chi connectivity index (χ4n) is 1.91. The summed E-state index contributed by atoms with van der Waals surface area (Å²) in [5, 5.41) is 2.28. The molecule has 0 heterocycles. The van der Waals surface area contributed by atoms with E-state index in [0.717, 1.165) is 15.2 Å². The van der Waals surface area contributed by atoms with E-state index in [1.165, 1.54) is 5.39 Å². The van der Waals surface area contributed by atoms with Crippen LogP contribution in [0.1, 0.15) is 0 Å². The zero-order valence-electron chi connectivity index (χ0n) is 9.67. The zero-order valence-corrected chi connectivity index (χ0v) is 10.5. The van der Waals surface area contributed by atoms with Crippen LogP contribution < -0.4 is 0 Å². The predicted molar refractivity (Wildman–Crippen MR) is 73.9 cm³/mol. The Kier molecular flexibility index (Phi) is 3.05. The van der Waals surface area contributed by atoms with E-state index in [9.17, 15) is 4.55 Å². The van der Waals surface area contributed by atoms with E-state index >= 15 is 0 Å². The van der Waals surface area contributed by atoms with E-state index in [0.29, 0.717) is 0 Å². The van der Waals surface area contributed by atoms with Crippen LogP contribution in [0.15, 0.2) is 76.5 Å². The Morgan fingerprint density at radius 2 is 1.50 bits per heavy atom. The van der Waals surface area contributed by atoms with Crippen LogP contribution in [0, 0.1) is 6.07 Å². The van der Waals surface area contributed by atoms with Crippen molar-refractivity contribution in [1.82, 2.24) is 0 Å². The van der Waals surface area contributed by atoms with E-state index in [1.807, 2.05) is 48.5 Å². The molecule has 0 aliphatic heterocycles. The molecule has 1 radical (unpaired) electrons. The van der Waals surface area contributed by atoms with Gasteiger partial charge in [-0.1, -0.05) is 24.3 Å². The summed E-state index contributed by atoms with van der Waals surface area (Å²) in [5.74, 6) is 0. The molecule has 3 rings (SSSR count). The lowest BCUT2D eigenvalue weighted by atomic mass is 10.1. The Morgan fingerprint density at radius 3 is 2.28 bits per heavy atom. The molecule has 0 spiro atoms. The van der Waals surface area contributed by atoms with Gasteiger partial charge in [0.25, 0.3) is 0 Å². The zero-order chi connectivity index (χ0) is 12.4. The lowest BCUT2D eigenvalue weighted by Crippen LogP contribution is -2.01. The predicted octanol–water partition coefficient (Wildman–Crippen LogP) is 3.81. The van der Waals surface area contributed by atoms with Gasteiger partial charge in [0.1, 0.15) is 0 Å². The molecule has 0 amide bonds. The molecule has 0 fully saturated rings. The van der Waals surface area contributed by atoms with E-state index < -0.39 is 11.2 Å². The molecule has 1 atom stereocenters. The van der Waals surface area contributed by atoms with Gasteiger partial charge in [-0.15, -0.1) is 0 Å². The summed E-state index contributed by atoms with van der Waals surface area (Å²) >= 11 is -1.12. The molecule has 0 saturated heterocycles. The number of benzene rings is 3. The number of fused-ring (bicyclic) bond motifs is 1. The van der Waals surface area contributed by atoms with Gasteiger partial charge >= 0.3 is 0 Å². The van der Waals surface area contributed by atoms with Crippen LogP contribution in [0.5, 0.6) is 0 Å². The molecular formula is C16H11OS. The molecule has 1 nitrogen and oxygen atoms in total. The largest absolute Gasteiger partial charge is 0.606 e. The molecule has 0 aromatic heterocycles. The smallest absolute Gasteiger partial charge is 0.159 e. The first kappa shape index (κ1) is 11.3. The quantitative estimate of drug-likeness (QED) is 0.635. The molecule has 1 unspecified atom stereocenters. The standard InChI is InChI=1S/C16H11OS/c17-18(15-8-2-1-3-9-15)16-11-10-13-6-4-5-7-14(13)12-16/h2-12H. The number of hydrogen-bond acceptors (Lipinski definition) is 1. The average Bonchev–Trinajstić information content (AvgIpc) is 2.47. The summed E-state index contributed by atoms with van der Waals surface area (Å²) in [6.07, 6.45) is 0. The molecule has 0 aliphatic rings. The van der Waals surface area contributed by atoms with Crippen LogP contribution in [0.2, 0.25) is 0 Å². The van der Waals surface area contributed by atoms with Gasteiger partial charge in [-0.3, -0.25) is 0 Å². The van der Waals surface area contributed by atoms with E-state index in [4.69, 9.17) is 0 Å². The van der Waals surface area contributed by atoms with Crippen molar-refractivity contribution in [2.75, 3.05) is 0 Å². The molecule has 0 N–H and O–H groups in total. The van der Waals surface area contributed by atoms with Gasteiger partial charge in [0, 0.05) is 17.2 Å². The highest BCUT2D eigenvalue weighted by atomic mass is 32.2. The molecule has 0 aliphatic carbocycles. The van der Waals surface area contributed by atoms with Crippen molar-refractivity contribution in [2.45, 2.75) is 9.79 Å². The Hall–Kier alpha value is -1.77. The molecule has 2 heteroatoms. The highest BCUT2D eigenvalue weighted by Gasteiger charge is 2.14. The highest BCUT2D eigenvalue weighted by Crippen LogP contribution is 2.24. The van der Waals surface area contributed by atoms with Gasteiger partial charge in [-0.25, -0.2) is 0 Å². The van der Waals surface area contributed by atoms with Gasteiger partial charge in [-0.2, -0.15) is 0 Å². The van der Waals surface area contributed by atoms with Gasteiger partial charge < -0.3 is 4.55 Å². The molecule has 3 aromatic carbocycles. The first-order valence-corrected chi connectivity index (χ1v) is 6.86. The number of rotatable bonds is 2. The first-order valence-electron chi connectivity index (χ1n) is 5.71. The van der Waals surface area contributed by atoms with Gasteiger partial charge in [-0.05, 0) is 53.2 Å². The van der Waals surface area contributed by atoms with Crippen molar-refractivity contribution in [1.29, 1.82) is 0 Å². The number of hydrogen-bond donors (Lipinski definition) is 0. The van der Waals surface area contributed by atoms with E-state index in [-0.39, 0.29) is 0 Å². The van der Waals surface area contributed by atoms with E-state index in [2.05, 4.69) is 12.1 Å². The summed E-state index contributed by atoms with van der Waals surface area (Å²) < 4.78 is 12.4. The third kappa shape index (κ3) is 2.13. The fourth-order valence-corrected chi connectivity index (χ4v) is 3.00. The van der Waals surface area contributed by atoms with Crippen LogP contribution in [-0.4, -0.2) is 4.55 Å². The summed E-state index contributed by atoms with van der Waals surface area (Å²) in [4.78, 5) is 1.64. The van der Waals surface area contributed by atoms with Crippen LogP contribution in [0.4, 0.5) is 0 Å². The topological polar surface area (TPSA) is 23.1 Å². The van der Waals surface area contributed by atoms with Crippen molar-refractivity contribution in [3.05, 3.63) is 72.8 Å². The maximum absolute atomic E-state index is 12.4. The third-order valence-electron chi connectivity index (χ3n) is 2.84. The Labute approximate surface area is 109 Å². The van der Waals surface area contributed by atoms with Gasteiger partial charge in [0.2, 0.25) is 0 Å². The second-order valence-corrected chi connectivity index (χ2v) is 5.49. The molecule has 3 aromatic rings. The van der Waals surface area contributed by atoms with Crippen molar-refractivity contribution >= 4 is 21.9 Å². The maximum atomic E-state index is 12.4. The van der Waals surface area contributed by atoms with Crippen LogP contribution in [0.3, 0.4) is 0 Å². The Morgan fingerprint density at radius 1 is 0.778 bits per heavy atom. The van der Waals surface area contributed by atoms with E-state index in [1.54, 1.807) is 12.1 Å². The summed E-state index contributed by atoms with van der Waals surface area (Å²) in [6.45, 7) is 0. The normalized spacial score (nSPS) is 12.5. The van der Waals surface area contributed by atoms with Crippen molar-refractivity contribution < 1.29 is 4.55 Å². The third-order valence-corrected chi connectivity index (χ3v) is 4.22. The SMILES string of the molecule is [O-][S+](c1cc[c]cc1)c1ccc2ccccc2c1. The van der Waals surface area contributed by atoms with Crippen molar-refractivity contribution in [2.24, 2.45) is 0 Å². The molecular weight excluding hydrogens is 240 g/mol. The maximum Gasteiger partial charge on any atom is 0.159 e. The second-order valence-electron chi connectivity index (χ2n) is 4.01. The summed E-state index contributed by atoms with van der Waals surface area (Å²) in [6, 6.07) is 24.2. The Balaban J connectivity index is 2.04. The van der Waals surface area contributed by atoms with Gasteiger partial charge in [0.15, 0.2) is 9.79 Å². The van der Waals surface area contributed by atoms with Crippen molar-refractivity contribution in [3.63, 3.8) is 0 Å². The summed E-state index contributed by atoms with van der Waals surface area (Å²) in [5.41, 5.74) is 0. The molecule has 18 heavy (non-hydrogen) atoms. The Bertz CT molecular complexity index is 664. The molecule has 0 saturated carbocycles. The minimum Gasteiger partial charge on any atom is -0.606 e. The first-order chi connectivity index (χ1) is 8.84. The van der Waals surface area contributed by atoms with Crippen LogP contribution >= 0.6 is 0 Å². The molecule has 87 valence electrons. The minimum atomic E-state index is -1.12. The molecule has 0 bridgehead atoms.